The Kier molecular flexibility index (Phi) is 7.11. The van der Waals surface area contributed by atoms with E-state index in [9.17, 15) is 8.42 Å². The molecule has 0 amide bonds. The van der Waals surface area contributed by atoms with Crippen molar-refractivity contribution in [1.82, 2.24) is 9.62 Å². The summed E-state index contributed by atoms with van der Waals surface area (Å²) in [5.41, 5.74) is 0. The number of halogens is 1. The highest BCUT2D eigenvalue weighted by atomic mass is 79.9. The summed E-state index contributed by atoms with van der Waals surface area (Å²) in [5.74, 6) is 0. The molecule has 0 radical (unpaired) electrons. The Hall–Kier alpha value is -0.470. The van der Waals surface area contributed by atoms with Gasteiger partial charge in [0.25, 0.3) is 0 Å². The Morgan fingerprint density at radius 2 is 2.00 bits per heavy atom. The van der Waals surface area contributed by atoms with Gasteiger partial charge in [-0.05, 0) is 28.5 Å². The lowest BCUT2D eigenvalue weighted by Gasteiger charge is -2.18. The smallest absolute Gasteiger partial charge is 0.245 e. The maximum absolute atomic E-state index is 12.6. The van der Waals surface area contributed by atoms with E-state index < -0.39 is 10.0 Å². The minimum atomic E-state index is -3.53. The number of thiophene rings is 1. The molecular formula is C13H19BrN2O2S2. The molecule has 0 aromatic carbocycles. The number of rotatable bonds is 9. The number of hydrogen-bond donors (Lipinski definition) is 1. The third kappa shape index (κ3) is 4.26. The van der Waals surface area contributed by atoms with E-state index >= 15 is 0 Å². The van der Waals surface area contributed by atoms with E-state index in [0.717, 1.165) is 11.4 Å². The Labute approximate surface area is 133 Å². The Morgan fingerprint density at radius 1 is 1.40 bits per heavy atom. The second-order valence-electron chi connectivity index (χ2n) is 4.03. The SMILES string of the molecule is C=CCN(CC=C)S(=O)(=O)c1cc(CNCC)sc1Br. The molecule has 1 heterocycles. The van der Waals surface area contributed by atoms with E-state index in [1.165, 1.54) is 15.6 Å². The van der Waals surface area contributed by atoms with E-state index in [2.05, 4.69) is 34.4 Å². The molecule has 1 rings (SSSR count). The zero-order valence-electron chi connectivity index (χ0n) is 11.4. The fourth-order valence-electron chi connectivity index (χ4n) is 1.61. The van der Waals surface area contributed by atoms with Gasteiger partial charge < -0.3 is 5.32 Å². The summed E-state index contributed by atoms with van der Waals surface area (Å²) in [6, 6.07) is 1.71. The van der Waals surface area contributed by atoms with Crippen molar-refractivity contribution in [3.63, 3.8) is 0 Å². The highest BCUT2D eigenvalue weighted by Gasteiger charge is 2.26. The average molecular weight is 379 g/mol. The fraction of sp³-hybridized carbons (Fsp3) is 0.385. The van der Waals surface area contributed by atoms with Gasteiger partial charge in [-0.25, -0.2) is 8.42 Å². The monoisotopic (exact) mass is 378 g/mol. The van der Waals surface area contributed by atoms with Crippen LogP contribution in [-0.4, -0.2) is 32.4 Å². The molecule has 0 spiro atoms. The topological polar surface area (TPSA) is 49.4 Å². The van der Waals surface area contributed by atoms with Crippen LogP contribution in [0.4, 0.5) is 0 Å². The molecule has 7 heteroatoms. The number of hydrogen-bond acceptors (Lipinski definition) is 4. The van der Waals surface area contributed by atoms with Crippen LogP contribution in [0.2, 0.25) is 0 Å². The summed E-state index contributed by atoms with van der Waals surface area (Å²) in [5, 5.41) is 3.18. The van der Waals surface area contributed by atoms with E-state index in [0.29, 0.717) is 15.2 Å². The molecule has 0 bridgehead atoms. The lowest BCUT2D eigenvalue weighted by Crippen LogP contribution is -2.31. The van der Waals surface area contributed by atoms with Gasteiger partial charge in [0.15, 0.2) is 0 Å². The van der Waals surface area contributed by atoms with E-state index in [1.54, 1.807) is 18.2 Å². The van der Waals surface area contributed by atoms with Crippen LogP contribution in [0.3, 0.4) is 0 Å². The number of sulfonamides is 1. The van der Waals surface area contributed by atoms with Gasteiger partial charge in [-0.1, -0.05) is 19.1 Å². The summed E-state index contributed by atoms with van der Waals surface area (Å²) in [4.78, 5) is 1.29. The van der Waals surface area contributed by atoms with Crippen LogP contribution in [0.1, 0.15) is 11.8 Å². The highest BCUT2D eigenvalue weighted by molar-refractivity contribution is 9.11. The van der Waals surface area contributed by atoms with E-state index in [-0.39, 0.29) is 13.1 Å². The molecule has 20 heavy (non-hydrogen) atoms. The molecule has 1 aromatic rings. The van der Waals surface area contributed by atoms with Crippen LogP contribution in [0.15, 0.2) is 40.1 Å². The maximum Gasteiger partial charge on any atom is 0.245 e. The van der Waals surface area contributed by atoms with Crippen molar-refractivity contribution >= 4 is 37.3 Å². The first-order chi connectivity index (χ1) is 9.47. The van der Waals surface area contributed by atoms with Crippen molar-refractivity contribution < 1.29 is 8.42 Å². The van der Waals surface area contributed by atoms with Gasteiger partial charge in [-0.3, -0.25) is 0 Å². The summed E-state index contributed by atoms with van der Waals surface area (Å²) in [6.07, 6.45) is 3.14. The number of nitrogens with one attached hydrogen (secondary N) is 1. The Bertz CT molecular complexity index is 557. The molecule has 0 atom stereocenters. The van der Waals surface area contributed by atoms with Crippen LogP contribution < -0.4 is 5.32 Å². The van der Waals surface area contributed by atoms with Crippen LogP contribution >= 0.6 is 27.3 Å². The summed E-state index contributed by atoms with van der Waals surface area (Å²) < 4.78 is 27.2. The van der Waals surface area contributed by atoms with Gasteiger partial charge in [0, 0.05) is 24.5 Å². The lowest BCUT2D eigenvalue weighted by molar-refractivity contribution is 0.474. The molecule has 0 aliphatic heterocycles. The standard InChI is InChI=1S/C13H19BrN2O2S2/c1-4-7-16(8-5-2)20(17,18)12-9-11(10-15-6-3)19-13(12)14/h4-5,9,15H,1-2,6-8,10H2,3H3. The molecule has 4 nitrogen and oxygen atoms in total. The first-order valence-corrected chi connectivity index (χ1v) is 9.23. The summed E-state index contributed by atoms with van der Waals surface area (Å²) in [7, 11) is -3.53. The molecular weight excluding hydrogens is 360 g/mol. The Morgan fingerprint density at radius 3 is 2.50 bits per heavy atom. The van der Waals surface area contributed by atoms with Crippen LogP contribution in [0, 0.1) is 0 Å². The quantitative estimate of drug-likeness (QED) is 0.671. The van der Waals surface area contributed by atoms with Crippen molar-refractivity contribution in [2.45, 2.75) is 18.4 Å². The molecule has 1 N–H and O–H groups in total. The van der Waals surface area contributed by atoms with Gasteiger partial charge in [0.2, 0.25) is 10.0 Å². The molecule has 0 fully saturated rings. The Balaban J connectivity index is 3.09. The summed E-state index contributed by atoms with van der Waals surface area (Å²) in [6.45, 7) is 11.2. The van der Waals surface area contributed by atoms with Gasteiger partial charge in [0.1, 0.15) is 4.90 Å². The second-order valence-corrected chi connectivity index (χ2v) is 8.39. The average Bonchev–Trinajstić information content (AvgIpc) is 2.78. The van der Waals surface area contributed by atoms with Crippen molar-refractivity contribution in [3.8, 4) is 0 Å². The lowest BCUT2D eigenvalue weighted by atomic mass is 10.4. The van der Waals surface area contributed by atoms with Gasteiger partial charge in [-0.2, -0.15) is 4.31 Å². The minimum Gasteiger partial charge on any atom is -0.312 e. The van der Waals surface area contributed by atoms with Crippen LogP contribution in [-0.2, 0) is 16.6 Å². The first kappa shape index (κ1) is 17.6. The molecule has 1 aromatic heterocycles. The molecule has 0 unspecified atom stereocenters. The van der Waals surface area contributed by atoms with Gasteiger partial charge in [0.05, 0.1) is 3.79 Å². The molecule has 0 saturated heterocycles. The highest BCUT2D eigenvalue weighted by Crippen LogP contribution is 2.33. The third-order valence-electron chi connectivity index (χ3n) is 2.54. The van der Waals surface area contributed by atoms with Crippen LogP contribution in [0.25, 0.3) is 0 Å². The first-order valence-electron chi connectivity index (χ1n) is 6.18. The maximum atomic E-state index is 12.6. The summed E-state index contributed by atoms with van der Waals surface area (Å²) >= 11 is 4.78. The third-order valence-corrected chi connectivity index (χ3v) is 6.62. The predicted molar refractivity (Wildman–Crippen MR) is 88.6 cm³/mol. The van der Waals surface area contributed by atoms with Crippen molar-refractivity contribution in [1.29, 1.82) is 0 Å². The van der Waals surface area contributed by atoms with Gasteiger partial charge >= 0.3 is 0 Å². The second kappa shape index (κ2) is 8.09. The van der Waals surface area contributed by atoms with Crippen molar-refractivity contribution in [3.05, 3.63) is 40.0 Å². The van der Waals surface area contributed by atoms with Crippen LogP contribution in [0.5, 0.6) is 0 Å². The van der Waals surface area contributed by atoms with Crippen molar-refractivity contribution in [2.75, 3.05) is 19.6 Å². The van der Waals surface area contributed by atoms with E-state index in [4.69, 9.17) is 0 Å². The zero-order chi connectivity index (χ0) is 15.2. The molecule has 0 aliphatic rings. The minimum absolute atomic E-state index is 0.263. The molecule has 0 aliphatic carbocycles. The van der Waals surface area contributed by atoms with Gasteiger partial charge in [-0.15, -0.1) is 24.5 Å². The van der Waals surface area contributed by atoms with Crippen molar-refractivity contribution in [2.24, 2.45) is 0 Å². The largest absolute Gasteiger partial charge is 0.312 e. The number of nitrogens with zero attached hydrogens (tertiary/aromatic N) is 1. The normalized spacial score (nSPS) is 11.8. The zero-order valence-corrected chi connectivity index (χ0v) is 14.7. The molecule has 112 valence electrons. The predicted octanol–water partition coefficient (Wildman–Crippen LogP) is 2.98. The molecule has 0 saturated carbocycles. The van der Waals surface area contributed by atoms with E-state index in [1.807, 2.05) is 6.92 Å². The fourth-order valence-corrected chi connectivity index (χ4v) is 5.59.